The van der Waals surface area contributed by atoms with Crippen molar-refractivity contribution in [1.29, 1.82) is 0 Å². The third-order valence-corrected chi connectivity index (χ3v) is 18.7. The first-order chi connectivity index (χ1) is 51.7. The first-order valence-electron chi connectivity index (χ1n) is 41.1. The maximum atomic E-state index is 13.1. The van der Waals surface area contributed by atoms with Crippen molar-refractivity contribution in [1.82, 2.24) is 0 Å². The zero-order chi connectivity index (χ0) is 77.4. The molecule has 0 saturated carbocycles. The SMILES string of the molecule is CC/C=C\C/C=C\C/C=C\C/C=C\CCCCCCCCC(=O)OCC(COP(=O)(O)OCC(O)COP(=O)(O)OCC(COC(=O)CCCCCC/C=C\C/C=C\C/C=C\C/C=C\CC)OC(=O)CCCCCCC/C=C\C/C=C\C/C=C\CC)OC(=O)CCCCCCC/C=C\CCCCCCCC. The fourth-order valence-electron chi connectivity index (χ4n) is 10.6. The molecule has 0 amide bonds. The largest absolute Gasteiger partial charge is 0.472 e. The van der Waals surface area contributed by atoms with Crippen LogP contribution in [0.4, 0.5) is 0 Å². The lowest BCUT2D eigenvalue weighted by molar-refractivity contribution is -0.161. The third-order valence-electron chi connectivity index (χ3n) is 16.8. The number of carbonyl (C=O) groups is 4. The van der Waals surface area contributed by atoms with Crippen molar-refractivity contribution in [3.8, 4) is 0 Å². The van der Waals surface area contributed by atoms with E-state index in [2.05, 4.69) is 174 Å². The van der Waals surface area contributed by atoms with Gasteiger partial charge in [0.25, 0.3) is 0 Å². The number of hydrogen-bond acceptors (Lipinski definition) is 15. The summed E-state index contributed by atoms with van der Waals surface area (Å²) in [6.45, 7) is 4.48. The number of hydrogen-bond donors (Lipinski definition) is 3. The number of phosphoric acid groups is 2. The second-order valence-corrected chi connectivity index (χ2v) is 29.8. The number of carbonyl (C=O) groups excluding carboxylic acids is 4. The Morgan fingerprint density at radius 1 is 0.274 bits per heavy atom. The number of esters is 4. The van der Waals surface area contributed by atoms with Crippen LogP contribution < -0.4 is 0 Å². The first-order valence-corrected chi connectivity index (χ1v) is 44.1. The van der Waals surface area contributed by atoms with Crippen LogP contribution in [0.1, 0.15) is 323 Å². The summed E-state index contributed by atoms with van der Waals surface area (Å²) < 4.78 is 68.7. The Morgan fingerprint density at radius 2 is 0.491 bits per heavy atom. The molecule has 0 bridgehead atoms. The summed E-state index contributed by atoms with van der Waals surface area (Å²) in [5.74, 6) is -2.24. The van der Waals surface area contributed by atoms with E-state index >= 15 is 0 Å². The van der Waals surface area contributed by atoms with Gasteiger partial charge in [0.15, 0.2) is 12.2 Å². The van der Waals surface area contributed by atoms with Crippen LogP contribution in [-0.2, 0) is 65.4 Å². The van der Waals surface area contributed by atoms with E-state index in [1.165, 1.54) is 38.5 Å². The Labute approximate surface area is 643 Å². The predicted molar refractivity (Wildman–Crippen MR) is 436 cm³/mol. The minimum atomic E-state index is -4.99. The van der Waals surface area contributed by atoms with E-state index in [1.807, 2.05) is 0 Å². The van der Waals surface area contributed by atoms with Gasteiger partial charge in [-0.25, -0.2) is 9.13 Å². The molecule has 0 aliphatic carbocycles. The minimum Gasteiger partial charge on any atom is -0.462 e. The van der Waals surface area contributed by atoms with E-state index in [-0.39, 0.29) is 25.7 Å². The Kier molecular flexibility index (Phi) is 74.3. The molecule has 5 unspecified atom stereocenters. The third kappa shape index (κ3) is 77.1. The molecule has 0 aromatic heterocycles. The smallest absolute Gasteiger partial charge is 0.462 e. The van der Waals surface area contributed by atoms with Crippen LogP contribution in [0.2, 0.25) is 0 Å². The lowest BCUT2D eigenvalue weighted by Crippen LogP contribution is -2.30. The second-order valence-electron chi connectivity index (χ2n) is 26.9. The van der Waals surface area contributed by atoms with E-state index in [0.29, 0.717) is 25.7 Å². The Hall–Kier alpha value is -5.06. The van der Waals surface area contributed by atoms with Crippen LogP contribution in [-0.4, -0.2) is 96.7 Å². The molecule has 3 N–H and O–H groups in total. The highest BCUT2D eigenvalue weighted by molar-refractivity contribution is 7.47. The van der Waals surface area contributed by atoms with Gasteiger partial charge in [0.1, 0.15) is 19.3 Å². The van der Waals surface area contributed by atoms with Gasteiger partial charge in [-0.15, -0.1) is 0 Å². The van der Waals surface area contributed by atoms with Gasteiger partial charge in [-0.1, -0.05) is 283 Å². The molecule has 0 aromatic carbocycles. The zero-order valence-electron chi connectivity index (χ0n) is 66.3. The normalized spacial score (nSPS) is 14.6. The molecule has 0 spiro atoms. The fourth-order valence-corrected chi connectivity index (χ4v) is 12.2. The van der Waals surface area contributed by atoms with Gasteiger partial charge >= 0.3 is 39.5 Å². The molecule has 0 fully saturated rings. The Bertz CT molecular complexity index is 2580. The van der Waals surface area contributed by atoms with Gasteiger partial charge in [0, 0.05) is 25.7 Å². The highest BCUT2D eigenvalue weighted by Crippen LogP contribution is 2.45. The molecule has 0 rings (SSSR count). The van der Waals surface area contributed by atoms with E-state index in [9.17, 15) is 43.2 Å². The number of rotatable bonds is 76. The van der Waals surface area contributed by atoms with Gasteiger partial charge < -0.3 is 33.8 Å². The molecular formula is C87H146O17P2. The van der Waals surface area contributed by atoms with Gasteiger partial charge in [0.2, 0.25) is 0 Å². The number of ether oxygens (including phenoxy) is 4. The highest BCUT2D eigenvalue weighted by Gasteiger charge is 2.30. The molecule has 0 aliphatic rings. The summed E-state index contributed by atoms with van der Waals surface area (Å²) in [5, 5.41) is 10.7. The fraction of sp³-hybridized carbons (Fsp3) is 0.678. The summed E-state index contributed by atoms with van der Waals surface area (Å²) in [5.41, 5.74) is 0. The average Bonchev–Trinajstić information content (AvgIpc) is 0.909. The van der Waals surface area contributed by atoms with Crippen molar-refractivity contribution < 1.29 is 80.2 Å². The second kappa shape index (κ2) is 78.1. The standard InChI is InChI=1S/C87H146O17P2/c1-5-9-13-17-21-25-29-33-37-39-40-42-46-48-52-56-60-64-68-72-85(90)98-78-83(104-87(92)74-70-66-62-58-54-50-44-36-32-28-24-20-16-12-8-4)80-102-106(95,96)100-76-81(88)75-99-105(93,94)101-79-82(103-86(91)73-69-65-61-57-53-49-43-35-31-27-23-19-15-11-7-3)77-97-84(89)71-67-63-59-55-51-47-45-41-38-34-30-26-22-18-14-10-6-2/h9-11,13-15,21-23,25-27,33-38,40,42-45,47,81-83,88H,5-8,12,16-20,24,28-32,39,41,46,48-80H2,1-4H3,(H,93,94)(H,95,96)/b13-9-,14-10-,15-11-,25-21-,26-22-,27-23-,37-33-,38-34-,42-40-,43-35-,44-36-,47-45-. The number of phosphoric ester groups is 2. The average molecular weight is 1530 g/mol. The van der Waals surface area contributed by atoms with Crippen LogP contribution in [0.15, 0.2) is 146 Å². The number of aliphatic hydroxyl groups is 1. The lowest BCUT2D eigenvalue weighted by Gasteiger charge is -2.21. The zero-order valence-corrected chi connectivity index (χ0v) is 68.1. The van der Waals surface area contributed by atoms with Crippen molar-refractivity contribution in [2.24, 2.45) is 0 Å². The van der Waals surface area contributed by atoms with Crippen molar-refractivity contribution in [3.05, 3.63) is 146 Å². The molecular weight excluding hydrogens is 1380 g/mol. The Morgan fingerprint density at radius 3 is 0.764 bits per heavy atom. The van der Waals surface area contributed by atoms with E-state index in [4.69, 9.17) is 37.0 Å². The summed E-state index contributed by atoms with van der Waals surface area (Å²) in [4.78, 5) is 73.1. The summed E-state index contributed by atoms with van der Waals surface area (Å²) >= 11 is 0. The molecule has 17 nitrogen and oxygen atoms in total. The summed E-state index contributed by atoms with van der Waals surface area (Å²) in [7, 11) is -9.99. The monoisotopic (exact) mass is 1530 g/mol. The van der Waals surface area contributed by atoms with E-state index in [0.717, 1.165) is 205 Å². The number of aliphatic hydroxyl groups excluding tert-OH is 1. The molecule has 606 valence electrons. The highest BCUT2D eigenvalue weighted by atomic mass is 31.2. The van der Waals surface area contributed by atoms with Crippen molar-refractivity contribution in [2.75, 3.05) is 39.6 Å². The topological polar surface area (TPSA) is 237 Å². The summed E-state index contributed by atoms with van der Waals surface area (Å²) in [6, 6.07) is 0. The molecule has 5 atom stereocenters. The molecule has 0 radical (unpaired) electrons. The van der Waals surface area contributed by atoms with Crippen molar-refractivity contribution in [3.63, 3.8) is 0 Å². The van der Waals surface area contributed by atoms with Crippen molar-refractivity contribution in [2.45, 2.75) is 341 Å². The van der Waals surface area contributed by atoms with Gasteiger partial charge in [-0.3, -0.25) is 37.3 Å². The Balaban J connectivity index is 5.42. The molecule has 0 aliphatic heterocycles. The van der Waals surface area contributed by atoms with Crippen LogP contribution in [0.25, 0.3) is 0 Å². The number of allylic oxidation sites excluding steroid dienone is 24. The van der Waals surface area contributed by atoms with Crippen LogP contribution in [0.3, 0.4) is 0 Å². The van der Waals surface area contributed by atoms with Crippen molar-refractivity contribution >= 4 is 39.5 Å². The van der Waals surface area contributed by atoms with E-state index in [1.54, 1.807) is 0 Å². The maximum absolute atomic E-state index is 13.1. The predicted octanol–water partition coefficient (Wildman–Crippen LogP) is 24.2. The van der Waals surface area contributed by atoms with Gasteiger partial charge in [0.05, 0.1) is 26.4 Å². The maximum Gasteiger partial charge on any atom is 0.472 e. The molecule has 106 heavy (non-hydrogen) atoms. The number of unbranched alkanes of at least 4 members (excludes halogenated alkanes) is 26. The van der Waals surface area contributed by atoms with Crippen LogP contribution >= 0.6 is 15.6 Å². The van der Waals surface area contributed by atoms with E-state index < -0.39 is 97.5 Å². The minimum absolute atomic E-state index is 0.0657. The summed E-state index contributed by atoms with van der Waals surface area (Å²) in [6.07, 6.45) is 89.6. The molecule has 0 saturated heterocycles. The molecule has 19 heteroatoms. The first kappa shape index (κ1) is 101. The molecule has 0 aromatic rings. The molecule has 0 heterocycles. The van der Waals surface area contributed by atoms with Gasteiger partial charge in [-0.05, 0) is 161 Å². The lowest BCUT2D eigenvalue weighted by atomic mass is 10.1. The van der Waals surface area contributed by atoms with Crippen LogP contribution in [0, 0.1) is 0 Å². The van der Waals surface area contributed by atoms with Gasteiger partial charge in [-0.2, -0.15) is 0 Å². The van der Waals surface area contributed by atoms with Crippen LogP contribution in [0.5, 0.6) is 0 Å². The quantitative estimate of drug-likeness (QED) is 0.0169.